The lowest BCUT2D eigenvalue weighted by Crippen LogP contribution is -2.30. The lowest BCUT2D eigenvalue weighted by atomic mass is 9.73. The molecule has 31 heavy (non-hydrogen) atoms. The van der Waals surface area contributed by atoms with E-state index in [0.29, 0.717) is 27.8 Å². The fourth-order valence-corrected chi connectivity index (χ4v) is 4.98. The van der Waals surface area contributed by atoms with Gasteiger partial charge in [0.25, 0.3) is 0 Å². The van der Waals surface area contributed by atoms with Crippen LogP contribution in [0.1, 0.15) is 44.1 Å². The van der Waals surface area contributed by atoms with Crippen LogP contribution in [-0.2, 0) is 0 Å². The largest absolute Gasteiger partial charge is 0.409 e. The van der Waals surface area contributed by atoms with Crippen molar-refractivity contribution in [3.05, 3.63) is 70.3 Å². The first kappa shape index (κ1) is 21.7. The molecule has 2 N–H and O–H groups in total. The molecule has 0 bridgehead atoms. The van der Waals surface area contributed by atoms with Crippen LogP contribution in [0.5, 0.6) is 0 Å². The van der Waals surface area contributed by atoms with Crippen molar-refractivity contribution in [2.24, 2.45) is 17.0 Å². The molecule has 2 aromatic carbocycles. The first-order chi connectivity index (χ1) is 15.0. The smallest absolute Gasteiger partial charge is 0.149 e. The molecule has 0 radical (unpaired) electrons. The Bertz CT molecular complexity index is 1110. The van der Waals surface area contributed by atoms with E-state index in [-0.39, 0.29) is 17.6 Å². The molecule has 1 atom stereocenters. The van der Waals surface area contributed by atoms with E-state index in [2.05, 4.69) is 31.4 Å². The summed E-state index contributed by atoms with van der Waals surface area (Å²) in [5.74, 6) is 0.601. The van der Waals surface area contributed by atoms with Gasteiger partial charge in [0.2, 0.25) is 0 Å². The van der Waals surface area contributed by atoms with Crippen molar-refractivity contribution in [3.63, 3.8) is 0 Å². The van der Waals surface area contributed by atoms with Crippen LogP contribution >= 0.6 is 15.9 Å². The first-order valence-electron chi connectivity index (χ1n) is 10.4. The second kappa shape index (κ2) is 9.30. The third-order valence-electron chi connectivity index (χ3n) is 6.39. The summed E-state index contributed by atoms with van der Waals surface area (Å²) in [4.78, 5) is 4.36. The van der Waals surface area contributed by atoms with Crippen LogP contribution in [0.3, 0.4) is 0 Å². The van der Waals surface area contributed by atoms with E-state index in [9.17, 15) is 14.0 Å². The zero-order valence-electron chi connectivity index (χ0n) is 17.2. The molecule has 0 amide bonds. The van der Waals surface area contributed by atoms with Gasteiger partial charge in [0.15, 0.2) is 0 Å². The number of halogens is 3. The number of amidine groups is 1. The highest BCUT2D eigenvalue weighted by Gasteiger charge is 2.30. The summed E-state index contributed by atoms with van der Waals surface area (Å²) in [5, 5.41) is 17.1. The van der Waals surface area contributed by atoms with E-state index < -0.39 is 0 Å². The van der Waals surface area contributed by atoms with Crippen LogP contribution in [-0.4, -0.2) is 16.0 Å². The molecule has 0 spiro atoms. The Kier molecular flexibility index (Phi) is 6.51. The van der Waals surface area contributed by atoms with Crippen LogP contribution in [0.15, 0.2) is 58.3 Å². The summed E-state index contributed by atoms with van der Waals surface area (Å²) in [7, 11) is 0. The molecule has 4 nitrogen and oxygen atoms in total. The Balaban J connectivity index is 1.44. The quantitative estimate of drug-likeness (QED) is 0.179. The second-order valence-electron chi connectivity index (χ2n) is 8.20. The second-order valence-corrected chi connectivity index (χ2v) is 9.06. The number of hydrogen-bond acceptors (Lipinski definition) is 3. The van der Waals surface area contributed by atoms with Crippen molar-refractivity contribution in [2.75, 3.05) is 5.32 Å². The molecule has 4 rings (SSSR count). The Morgan fingerprint density at radius 1 is 1.13 bits per heavy atom. The highest BCUT2D eigenvalue weighted by Crippen LogP contribution is 2.41. The molecule has 1 heterocycles. The van der Waals surface area contributed by atoms with Gasteiger partial charge in [-0.1, -0.05) is 12.1 Å². The summed E-state index contributed by atoms with van der Waals surface area (Å²) >= 11 is 3.18. The van der Waals surface area contributed by atoms with Gasteiger partial charge in [-0.05, 0) is 101 Å². The first-order valence-corrected chi connectivity index (χ1v) is 11.2. The minimum atomic E-state index is -0.345. The number of nitrogens with one attached hydrogen (secondary N) is 1. The van der Waals surface area contributed by atoms with Crippen LogP contribution in [0.2, 0.25) is 0 Å². The summed E-state index contributed by atoms with van der Waals surface area (Å²) in [5.41, 5.74) is 2.63. The molecule has 1 aromatic heterocycles. The van der Waals surface area contributed by atoms with Gasteiger partial charge in [-0.15, -0.1) is 0 Å². The fraction of sp³-hybridized carbons (Fsp3) is 0.333. The highest BCUT2D eigenvalue weighted by atomic mass is 79.9. The van der Waals surface area contributed by atoms with Crippen LogP contribution in [0.4, 0.5) is 14.5 Å². The molecule has 0 unspecified atom stereocenters. The van der Waals surface area contributed by atoms with E-state index in [4.69, 9.17) is 0 Å². The summed E-state index contributed by atoms with van der Waals surface area (Å²) in [6.07, 6.45) is 5.69. The molecule has 1 saturated carbocycles. The molecule has 0 saturated heterocycles. The fourth-order valence-electron chi connectivity index (χ4n) is 4.60. The number of pyridine rings is 1. The van der Waals surface area contributed by atoms with E-state index in [1.165, 1.54) is 12.1 Å². The summed E-state index contributed by atoms with van der Waals surface area (Å²) in [6, 6.07) is 11.4. The summed E-state index contributed by atoms with van der Waals surface area (Å²) < 4.78 is 27.6. The van der Waals surface area contributed by atoms with E-state index >= 15 is 0 Å². The lowest BCUT2D eigenvalue weighted by molar-refractivity contribution is 0.273. The molecule has 7 heteroatoms. The molecular formula is C24H24BrF2N3O. The van der Waals surface area contributed by atoms with Crippen molar-refractivity contribution in [2.45, 2.75) is 38.5 Å². The number of oxime groups is 1. The van der Waals surface area contributed by atoms with Gasteiger partial charge < -0.3 is 10.5 Å². The van der Waals surface area contributed by atoms with Gasteiger partial charge in [-0.3, -0.25) is 4.98 Å². The normalized spacial score (nSPS) is 20.6. The lowest BCUT2D eigenvalue weighted by Gasteiger charge is -2.33. The van der Waals surface area contributed by atoms with Crippen molar-refractivity contribution in [1.82, 2.24) is 4.98 Å². The van der Waals surface area contributed by atoms with Crippen LogP contribution in [0, 0.1) is 23.5 Å². The monoisotopic (exact) mass is 487 g/mol. The zero-order chi connectivity index (χ0) is 22.0. The zero-order valence-corrected chi connectivity index (χ0v) is 18.7. The minimum absolute atomic E-state index is 0.0152. The topological polar surface area (TPSA) is 57.5 Å². The van der Waals surface area contributed by atoms with Crippen LogP contribution < -0.4 is 5.32 Å². The van der Waals surface area contributed by atoms with Crippen molar-refractivity contribution in [1.29, 1.82) is 0 Å². The number of benzene rings is 2. The van der Waals surface area contributed by atoms with E-state index in [0.717, 1.165) is 42.1 Å². The van der Waals surface area contributed by atoms with Gasteiger partial charge >= 0.3 is 0 Å². The predicted octanol–water partition coefficient (Wildman–Crippen LogP) is 7.09. The average molecular weight is 488 g/mol. The molecule has 0 aliphatic heterocycles. The number of fused-ring (bicyclic) bond motifs is 1. The third-order valence-corrected chi connectivity index (χ3v) is 6.99. The van der Waals surface area contributed by atoms with Crippen LogP contribution in [0.25, 0.3) is 10.9 Å². The van der Waals surface area contributed by atoms with Gasteiger partial charge in [-0.25, -0.2) is 8.78 Å². The third kappa shape index (κ3) is 4.71. The minimum Gasteiger partial charge on any atom is -0.409 e. The maximum atomic E-state index is 13.8. The SMILES string of the molecule is C[C@H](/C(=N/O)Nc1ccc(F)c(Br)c1)[C@H]1CC[C@@H](c2ccnc3ccc(F)cc32)CC1. The molecule has 1 aliphatic rings. The number of hydrogen-bond donors (Lipinski definition) is 2. The summed E-state index contributed by atoms with van der Waals surface area (Å²) in [6.45, 7) is 2.04. The maximum Gasteiger partial charge on any atom is 0.149 e. The number of nitrogens with zero attached hydrogens (tertiary/aromatic N) is 2. The van der Waals surface area contributed by atoms with Gasteiger partial charge in [0, 0.05) is 23.2 Å². The number of anilines is 1. The van der Waals surface area contributed by atoms with E-state index in [1.807, 2.05) is 13.0 Å². The predicted molar refractivity (Wildman–Crippen MR) is 123 cm³/mol. The maximum absolute atomic E-state index is 13.8. The van der Waals surface area contributed by atoms with Crippen molar-refractivity contribution < 1.29 is 14.0 Å². The average Bonchev–Trinajstić information content (AvgIpc) is 2.79. The van der Waals surface area contributed by atoms with E-state index in [1.54, 1.807) is 30.5 Å². The number of aromatic nitrogens is 1. The van der Waals surface area contributed by atoms with Gasteiger partial charge in [-0.2, -0.15) is 0 Å². The molecule has 162 valence electrons. The molecule has 3 aromatic rings. The van der Waals surface area contributed by atoms with Crippen molar-refractivity contribution in [3.8, 4) is 0 Å². The van der Waals surface area contributed by atoms with Gasteiger partial charge in [0.05, 0.1) is 9.99 Å². The Morgan fingerprint density at radius 3 is 2.61 bits per heavy atom. The Morgan fingerprint density at radius 2 is 1.90 bits per heavy atom. The highest BCUT2D eigenvalue weighted by molar-refractivity contribution is 9.10. The van der Waals surface area contributed by atoms with Crippen molar-refractivity contribution >= 4 is 38.4 Å². The number of rotatable bonds is 4. The molecule has 1 aliphatic carbocycles. The Hall–Kier alpha value is -2.54. The standard InChI is InChI=1S/C24H24BrF2N3O/c1-14(24(30-31)29-18-7-8-22(27)21(25)13-18)15-2-4-16(5-3-15)19-10-11-28-23-9-6-17(26)12-20(19)23/h6-16,31H,2-5H2,1H3,(H,29,30)/t14-,15-,16+/m0/s1. The Labute approximate surface area is 188 Å². The molecule has 1 fully saturated rings. The molecular weight excluding hydrogens is 464 g/mol. The van der Waals surface area contributed by atoms with Gasteiger partial charge in [0.1, 0.15) is 17.5 Å².